The molecular formula is C17H36N2O. The Morgan fingerprint density at radius 2 is 1.85 bits per heavy atom. The summed E-state index contributed by atoms with van der Waals surface area (Å²) in [4.78, 5) is 2.44. The average molecular weight is 284 g/mol. The van der Waals surface area contributed by atoms with Crippen LogP contribution in [0.4, 0.5) is 0 Å². The van der Waals surface area contributed by atoms with Crippen molar-refractivity contribution in [1.29, 1.82) is 0 Å². The summed E-state index contributed by atoms with van der Waals surface area (Å²) in [5.74, 6) is 0.883. The van der Waals surface area contributed by atoms with Crippen LogP contribution in [-0.2, 0) is 0 Å². The van der Waals surface area contributed by atoms with Gasteiger partial charge in [-0.3, -0.25) is 0 Å². The number of hydrogen-bond donors (Lipinski definition) is 2. The molecule has 2 N–H and O–H groups in total. The number of aliphatic hydroxyl groups is 1. The highest BCUT2D eigenvalue weighted by molar-refractivity contribution is 4.90. The Hall–Kier alpha value is -0.120. The standard InChI is InChI=1S/C17H36N2O/c1-6-18-12-17(10-8-15(3)9-11-17)14-19(7-2)13-16(4,5)20/h15,18,20H,6-14H2,1-5H3. The monoisotopic (exact) mass is 284 g/mol. The zero-order valence-corrected chi connectivity index (χ0v) is 14.3. The van der Waals surface area contributed by atoms with Gasteiger partial charge in [-0.05, 0) is 51.1 Å². The van der Waals surface area contributed by atoms with Gasteiger partial charge in [0.2, 0.25) is 0 Å². The van der Waals surface area contributed by atoms with E-state index >= 15 is 0 Å². The van der Waals surface area contributed by atoms with Crippen molar-refractivity contribution < 1.29 is 5.11 Å². The normalized spacial score (nSPS) is 28.1. The molecule has 1 saturated carbocycles. The van der Waals surface area contributed by atoms with Crippen LogP contribution in [0.25, 0.3) is 0 Å². The Morgan fingerprint density at radius 1 is 1.25 bits per heavy atom. The highest BCUT2D eigenvalue weighted by atomic mass is 16.3. The minimum atomic E-state index is -0.600. The molecule has 0 aromatic carbocycles. The molecule has 0 heterocycles. The molecule has 3 heteroatoms. The molecule has 0 aromatic heterocycles. The van der Waals surface area contributed by atoms with Crippen LogP contribution in [0.2, 0.25) is 0 Å². The molecule has 0 spiro atoms. The van der Waals surface area contributed by atoms with Gasteiger partial charge in [0.25, 0.3) is 0 Å². The van der Waals surface area contributed by atoms with Crippen molar-refractivity contribution in [2.75, 3.05) is 32.7 Å². The van der Waals surface area contributed by atoms with Gasteiger partial charge in [0.05, 0.1) is 5.60 Å². The average Bonchev–Trinajstić information content (AvgIpc) is 2.37. The van der Waals surface area contributed by atoms with E-state index in [0.29, 0.717) is 5.41 Å². The first-order chi connectivity index (χ1) is 9.30. The van der Waals surface area contributed by atoms with Gasteiger partial charge in [-0.1, -0.05) is 33.6 Å². The van der Waals surface area contributed by atoms with Crippen molar-refractivity contribution in [3.63, 3.8) is 0 Å². The maximum absolute atomic E-state index is 10.1. The second-order valence-corrected chi connectivity index (χ2v) is 7.58. The van der Waals surface area contributed by atoms with E-state index in [1.54, 1.807) is 0 Å². The topological polar surface area (TPSA) is 35.5 Å². The Labute approximate surface area is 126 Å². The van der Waals surface area contributed by atoms with Crippen LogP contribution >= 0.6 is 0 Å². The quantitative estimate of drug-likeness (QED) is 0.719. The van der Waals surface area contributed by atoms with E-state index in [1.165, 1.54) is 25.7 Å². The van der Waals surface area contributed by atoms with Gasteiger partial charge < -0.3 is 15.3 Å². The Morgan fingerprint density at radius 3 is 2.30 bits per heavy atom. The van der Waals surface area contributed by atoms with Crippen LogP contribution < -0.4 is 5.32 Å². The van der Waals surface area contributed by atoms with Gasteiger partial charge >= 0.3 is 0 Å². The Bertz CT molecular complexity index is 259. The summed E-state index contributed by atoms with van der Waals surface area (Å²) >= 11 is 0. The fourth-order valence-electron chi connectivity index (χ4n) is 3.46. The van der Waals surface area contributed by atoms with Crippen molar-refractivity contribution in [2.45, 2.75) is 65.9 Å². The second kappa shape index (κ2) is 7.77. The predicted octanol–water partition coefficient (Wildman–Crippen LogP) is 2.89. The fourth-order valence-corrected chi connectivity index (χ4v) is 3.46. The number of nitrogens with one attached hydrogen (secondary N) is 1. The number of nitrogens with zero attached hydrogens (tertiary/aromatic N) is 1. The summed E-state index contributed by atoms with van der Waals surface area (Å²) in [5, 5.41) is 13.7. The van der Waals surface area contributed by atoms with Crippen molar-refractivity contribution in [3.8, 4) is 0 Å². The van der Waals surface area contributed by atoms with Gasteiger partial charge in [-0.25, -0.2) is 0 Å². The second-order valence-electron chi connectivity index (χ2n) is 7.58. The van der Waals surface area contributed by atoms with Gasteiger partial charge in [-0.15, -0.1) is 0 Å². The first-order valence-electron chi connectivity index (χ1n) is 8.46. The third-order valence-corrected chi connectivity index (χ3v) is 4.70. The molecule has 0 unspecified atom stereocenters. The summed E-state index contributed by atoms with van der Waals surface area (Å²) in [6, 6.07) is 0. The largest absolute Gasteiger partial charge is 0.389 e. The molecule has 0 amide bonds. The molecule has 0 bridgehead atoms. The molecular weight excluding hydrogens is 248 g/mol. The van der Waals surface area contributed by atoms with Crippen LogP contribution in [0.3, 0.4) is 0 Å². The smallest absolute Gasteiger partial charge is 0.0718 e. The van der Waals surface area contributed by atoms with Gasteiger partial charge in [0.15, 0.2) is 0 Å². The summed E-state index contributed by atoms with van der Waals surface area (Å²) in [6.07, 6.45) is 5.35. The predicted molar refractivity (Wildman–Crippen MR) is 87.0 cm³/mol. The summed E-state index contributed by atoms with van der Waals surface area (Å²) in [7, 11) is 0. The lowest BCUT2D eigenvalue weighted by Crippen LogP contribution is -2.49. The molecule has 1 rings (SSSR count). The van der Waals surface area contributed by atoms with Gasteiger partial charge in [0.1, 0.15) is 0 Å². The first-order valence-corrected chi connectivity index (χ1v) is 8.46. The molecule has 1 aliphatic carbocycles. The maximum Gasteiger partial charge on any atom is 0.0718 e. The summed E-state index contributed by atoms with van der Waals surface area (Å²) < 4.78 is 0. The van der Waals surface area contributed by atoms with Crippen molar-refractivity contribution in [3.05, 3.63) is 0 Å². The number of hydrogen-bond acceptors (Lipinski definition) is 3. The summed E-state index contributed by atoms with van der Waals surface area (Å²) in [6.45, 7) is 15.7. The zero-order valence-electron chi connectivity index (χ0n) is 14.3. The molecule has 0 aliphatic heterocycles. The molecule has 0 saturated heterocycles. The lowest BCUT2D eigenvalue weighted by molar-refractivity contribution is 0.0115. The van der Waals surface area contributed by atoms with E-state index in [0.717, 1.165) is 38.6 Å². The minimum Gasteiger partial charge on any atom is -0.389 e. The van der Waals surface area contributed by atoms with E-state index in [-0.39, 0.29) is 0 Å². The van der Waals surface area contributed by atoms with E-state index in [2.05, 4.69) is 31.0 Å². The molecule has 120 valence electrons. The van der Waals surface area contributed by atoms with E-state index < -0.39 is 5.60 Å². The van der Waals surface area contributed by atoms with Crippen molar-refractivity contribution in [1.82, 2.24) is 10.2 Å². The first kappa shape index (κ1) is 17.9. The molecule has 0 radical (unpaired) electrons. The Balaban J connectivity index is 2.67. The minimum absolute atomic E-state index is 0.407. The molecule has 1 aliphatic rings. The van der Waals surface area contributed by atoms with Crippen LogP contribution in [0.1, 0.15) is 60.3 Å². The van der Waals surface area contributed by atoms with E-state index in [4.69, 9.17) is 0 Å². The van der Waals surface area contributed by atoms with Crippen molar-refractivity contribution in [2.24, 2.45) is 11.3 Å². The molecule has 0 atom stereocenters. The van der Waals surface area contributed by atoms with Crippen LogP contribution in [0.15, 0.2) is 0 Å². The van der Waals surface area contributed by atoms with Gasteiger partial charge in [0, 0.05) is 19.6 Å². The third kappa shape index (κ3) is 6.11. The molecule has 20 heavy (non-hydrogen) atoms. The maximum atomic E-state index is 10.1. The number of rotatable bonds is 8. The number of likely N-dealkylation sites (N-methyl/N-ethyl adjacent to an activating group) is 1. The highest BCUT2D eigenvalue weighted by Crippen LogP contribution is 2.39. The van der Waals surface area contributed by atoms with Crippen LogP contribution in [-0.4, -0.2) is 48.3 Å². The lowest BCUT2D eigenvalue weighted by atomic mass is 9.70. The lowest BCUT2D eigenvalue weighted by Gasteiger charge is -2.44. The zero-order chi connectivity index (χ0) is 15.2. The molecule has 1 fully saturated rings. The third-order valence-electron chi connectivity index (χ3n) is 4.70. The molecule has 0 aromatic rings. The summed E-state index contributed by atoms with van der Waals surface area (Å²) in [5.41, 5.74) is -0.193. The van der Waals surface area contributed by atoms with Gasteiger partial charge in [-0.2, -0.15) is 0 Å². The fraction of sp³-hybridized carbons (Fsp3) is 1.00. The molecule has 3 nitrogen and oxygen atoms in total. The van der Waals surface area contributed by atoms with E-state index in [9.17, 15) is 5.11 Å². The van der Waals surface area contributed by atoms with Crippen LogP contribution in [0, 0.1) is 11.3 Å². The SMILES string of the molecule is CCNCC1(CN(CC)CC(C)(C)O)CCC(C)CC1. The Kier molecular flexibility index (Phi) is 6.96. The van der Waals surface area contributed by atoms with E-state index in [1.807, 2.05) is 13.8 Å². The highest BCUT2D eigenvalue weighted by Gasteiger charge is 2.36. The van der Waals surface area contributed by atoms with Crippen LogP contribution in [0.5, 0.6) is 0 Å². The van der Waals surface area contributed by atoms with Crippen molar-refractivity contribution >= 4 is 0 Å².